The van der Waals surface area contributed by atoms with Crippen molar-refractivity contribution in [3.8, 4) is 5.75 Å². The second-order valence-corrected chi connectivity index (χ2v) is 12.0. The molecular formula is C22H35FO4S. The predicted molar refractivity (Wildman–Crippen MR) is 111 cm³/mol. The lowest BCUT2D eigenvalue weighted by Gasteiger charge is -2.26. The van der Waals surface area contributed by atoms with Gasteiger partial charge in [-0.3, -0.25) is 0 Å². The summed E-state index contributed by atoms with van der Waals surface area (Å²) in [7, 11) is -3.26. The SMILES string of the molecule is CC(C)(C)COCCCS(=O)(=O)CC(C)(C)c1ccc(F)c(OCC2CC2)c1. The highest BCUT2D eigenvalue weighted by Gasteiger charge is 2.29. The highest BCUT2D eigenvalue weighted by atomic mass is 32.2. The first kappa shape index (κ1) is 23.1. The molecule has 1 aromatic rings. The second-order valence-electron chi connectivity index (χ2n) is 9.84. The van der Waals surface area contributed by atoms with Crippen molar-refractivity contribution >= 4 is 9.84 Å². The summed E-state index contributed by atoms with van der Waals surface area (Å²) in [5.41, 5.74) is 0.214. The Balaban J connectivity index is 1.92. The lowest BCUT2D eigenvalue weighted by Crippen LogP contribution is -2.30. The zero-order valence-electron chi connectivity index (χ0n) is 17.9. The Kier molecular flexibility index (Phi) is 7.54. The molecule has 0 N–H and O–H groups in total. The summed E-state index contributed by atoms with van der Waals surface area (Å²) in [5.74, 6) is 0.432. The molecule has 0 amide bonds. The van der Waals surface area contributed by atoms with E-state index in [0.717, 1.165) is 18.4 Å². The van der Waals surface area contributed by atoms with Gasteiger partial charge in [0.15, 0.2) is 21.4 Å². The van der Waals surface area contributed by atoms with Crippen molar-refractivity contribution in [2.75, 3.05) is 31.3 Å². The van der Waals surface area contributed by atoms with E-state index in [1.54, 1.807) is 12.1 Å². The minimum absolute atomic E-state index is 0.00691. The van der Waals surface area contributed by atoms with Crippen LogP contribution in [0.15, 0.2) is 18.2 Å². The zero-order valence-corrected chi connectivity index (χ0v) is 18.7. The molecule has 0 atom stereocenters. The third kappa shape index (κ3) is 8.08. The summed E-state index contributed by atoms with van der Waals surface area (Å²) in [4.78, 5) is 0. The maximum Gasteiger partial charge on any atom is 0.165 e. The number of hydrogen-bond donors (Lipinski definition) is 0. The molecule has 0 spiro atoms. The molecule has 6 heteroatoms. The monoisotopic (exact) mass is 414 g/mol. The predicted octanol–water partition coefficient (Wildman–Crippen LogP) is 4.76. The molecule has 1 aliphatic rings. The van der Waals surface area contributed by atoms with E-state index in [1.165, 1.54) is 6.07 Å². The fraction of sp³-hybridized carbons (Fsp3) is 0.727. The van der Waals surface area contributed by atoms with E-state index in [-0.39, 0.29) is 22.7 Å². The first-order valence-corrected chi connectivity index (χ1v) is 11.9. The summed E-state index contributed by atoms with van der Waals surface area (Å²) in [6.07, 6.45) is 2.74. The van der Waals surface area contributed by atoms with E-state index in [1.807, 2.05) is 13.8 Å². The van der Waals surface area contributed by atoms with E-state index in [2.05, 4.69) is 20.8 Å². The van der Waals surface area contributed by atoms with Crippen LogP contribution >= 0.6 is 0 Å². The largest absolute Gasteiger partial charge is 0.490 e. The minimum Gasteiger partial charge on any atom is -0.490 e. The van der Waals surface area contributed by atoms with Gasteiger partial charge in [-0.15, -0.1) is 0 Å². The molecule has 1 aromatic carbocycles. The Labute approximate surface area is 169 Å². The number of benzene rings is 1. The Morgan fingerprint density at radius 1 is 1.14 bits per heavy atom. The molecule has 28 heavy (non-hydrogen) atoms. The normalized spacial score (nSPS) is 15.6. The van der Waals surface area contributed by atoms with Gasteiger partial charge in [-0.25, -0.2) is 12.8 Å². The van der Waals surface area contributed by atoms with Crippen molar-refractivity contribution < 1.29 is 22.3 Å². The molecule has 0 bridgehead atoms. The molecule has 1 fully saturated rings. The van der Waals surface area contributed by atoms with Crippen LogP contribution in [0.3, 0.4) is 0 Å². The van der Waals surface area contributed by atoms with E-state index in [9.17, 15) is 12.8 Å². The maximum atomic E-state index is 14.0. The van der Waals surface area contributed by atoms with Crippen LogP contribution in [0, 0.1) is 17.2 Å². The van der Waals surface area contributed by atoms with Crippen LogP contribution in [-0.4, -0.2) is 39.7 Å². The van der Waals surface area contributed by atoms with Gasteiger partial charge in [0.2, 0.25) is 0 Å². The van der Waals surface area contributed by atoms with Crippen LogP contribution in [0.5, 0.6) is 5.75 Å². The van der Waals surface area contributed by atoms with Gasteiger partial charge in [0.1, 0.15) is 0 Å². The Morgan fingerprint density at radius 3 is 2.43 bits per heavy atom. The summed E-state index contributed by atoms with van der Waals surface area (Å²) in [5, 5.41) is 0. The Morgan fingerprint density at radius 2 is 1.82 bits per heavy atom. The van der Waals surface area contributed by atoms with Crippen LogP contribution in [0.2, 0.25) is 0 Å². The van der Waals surface area contributed by atoms with E-state index >= 15 is 0 Å². The quantitative estimate of drug-likeness (QED) is 0.490. The van der Waals surface area contributed by atoms with E-state index in [4.69, 9.17) is 9.47 Å². The van der Waals surface area contributed by atoms with Gasteiger partial charge in [-0.2, -0.15) is 0 Å². The number of rotatable bonds is 11. The third-order valence-electron chi connectivity index (χ3n) is 4.74. The second kappa shape index (κ2) is 9.12. The van der Waals surface area contributed by atoms with Gasteiger partial charge in [0.05, 0.1) is 24.7 Å². The van der Waals surface area contributed by atoms with E-state index in [0.29, 0.717) is 32.2 Å². The van der Waals surface area contributed by atoms with Crippen molar-refractivity contribution in [1.29, 1.82) is 0 Å². The summed E-state index contributed by atoms with van der Waals surface area (Å²) in [6, 6.07) is 4.67. The minimum atomic E-state index is -3.26. The molecule has 0 aromatic heterocycles. The van der Waals surface area contributed by atoms with Crippen LogP contribution in [0.1, 0.15) is 59.4 Å². The average Bonchev–Trinajstić information content (AvgIpc) is 3.35. The third-order valence-corrected chi connectivity index (χ3v) is 6.82. The number of ether oxygens (including phenoxy) is 2. The summed E-state index contributed by atoms with van der Waals surface area (Å²) in [6.45, 7) is 11.6. The van der Waals surface area contributed by atoms with Crippen molar-refractivity contribution in [3.63, 3.8) is 0 Å². The molecule has 1 aliphatic carbocycles. The van der Waals surface area contributed by atoms with Gasteiger partial charge in [0, 0.05) is 12.0 Å². The van der Waals surface area contributed by atoms with Crippen LogP contribution in [-0.2, 0) is 20.0 Å². The molecular weight excluding hydrogens is 379 g/mol. The lowest BCUT2D eigenvalue weighted by molar-refractivity contribution is 0.0720. The highest BCUT2D eigenvalue weighted by molar-refractivity contribution is 7.91. The molecule has 2 rings (SSSR count). The van der Waals surface area contributed by atoms with Gasteiger partial charge in [0.25, 0.3) is 0 Å². The Hall–Kier alpha value is -1.14. The van der Waals surface area contributed by atoms with Gasteiger partial charge in [-0.1, -0.05) is 40.7 Å². The fourth-order valence-electron chi connectivity index (χ4n) is 2.99. The van der Waals surface area contributed by atoms with Crippen LogP contribution < -0.4 is 4.74 Å². The van der Waals surface area contributed by atoms with Crippen molar-refractivity contribution in [1.82, 2.24) is 0 Å². The van der Waals surface area contributed by atoms with Crippen molar-refractivity contribution in [3.05, 3.63) is 29.6 Å². The number of halogens is 1. The van der Waals surface area contributed by atoms with Gasteiger partial charge >= 0.3 is 0 Å². The first-order chi connectivity index (χ1) is 12.9. The van der Waals surface area contributed by atoms with Crippen LogP contribution in [0.4, 0.5) is 4.39 Å². The zero-order chi connectivity index (χ0) is 21.0. The number of hydrogen-bond acceptors (Lipinski definition) is 4. The molecule has 4 nitrogen and oxygen atoms in total. The first-order valence-electron chi connectivity index (χ1n) is 10.1. The van der Waals surface area contributed by atoms with Gasteiger partial charge < -0.3 is 9.47 Å². The van der Waals surface area contributed by atoms with Crippen LogP contribution in [0.25, 0.3) is 0 Å². The van der Waals surface area contributed by atoms with Gasteiger partial charge in [-0.05, 0) is 48.3 Å². The van der Waals surface area contributed by atoms with E-state index < -0.39 is 21.1 Å². The fourth-order valence-corrected chi connectivity index (χ4v) is 4.96. The molecule has 0 saturated heterocycles. The Bertz CT molecular complexity index is 746. The topological polar surface area (TPSA) is 52.6 Å². The maximum absolute atomic E-state index is 14.0. The summed E-state index contributed by atoms with van der Waals surface area (Å²) < 4.78 is 50.4. The standard InChI is InChI=1S/C22H35FO4S/c1-21(2,3)15-26-11-6-12-28(24,25)16-22(4,5)18-9-10-19(23)20(13-18)27-14-17-7-8-17/h9-10,13,17H,6-8,11-12,14-16H2,1-5H3. The number of sulfone groups is 1. The molecule has 0 radical (unpaired) electrons. The molecule has 0 heterocycles. The average molecular weight is 415 g/mol. The smallest absolute Gasteiger partial charge is 0.165 e. The van der Waals surface area contributed by atoms with Crippen molar-refractivity contribution in [2.24, 2.45) is 11.3 Å². The molecule has 0 unspecified atom stereocenters. The summed E-state index contributed by atoms with van der Waals surface area (Å²) >= 11 is 0. The van der Waals surface area contributed by atoms with Crippen molar-refractivity contribution in [2.45, 2.75) is 59.3 Å². The molecule has 1 saturated carbocycles. The lowest BCUT2D eigenvalue weighted by atomic mass is 9.86. The molecule has 160 valence electrons. The molecule has 0 aliphatic heterocycles. The highest BCUT2D eigenvalue weighted by Crippen LogP contribution is 2.33.